The Morgan fingerprint density at radius 3 is 2.47 bits per heavy atom. The third kappa shape index (κ3) is 3.18. The number of ether oxygens (including phenoxy) is 1. The summed E-state index contributed by atoms with van der Waals surface area (Å²) in [5, 5.41) is 18.0. The number of aliphatic carboxylic acids is 1. The molecule has 0 amide bonds. The molecule has 0 radical (unpaired) electrons. The number of rotatable bonds is 4. The van der Waals surface area contributed by atoms with Crippen LogP contribution in [-0.2, 0) is 9.53 Å². The predicted octanol–water partition coefficient (Wildman–Crippen LogP) is 0.349. The summed E-state index contributed by atoms with van der Waals surface area (Å²) in [5.74, 6) is -2.30. The van der Waals surface area contributed by atoms with Crippen LogP contribution in [0.4, 0.5) is 0 Å². The van der Waals surface area contributed by atoms with Gasteiger partial charge < -0.3 is 20.7 Å². The molecule has 2 atom stereocenters. The first-order valence-corrected chi connectivity index (χ1v) is 4.91. The second-order valence-corrected chi connectivity index (χ2v) is 3.49. The number of hydrogen-bond donors (Lipinski definition) is 3. The molecule has 0 spiro atoms. The van der Waals surface area contributed by atoms with Gasteiger partial charge in [0, 0.05) is 0 Å². The molecule has 4 N–H and O–H groups in total. The lowest BCUT2D eigenvalue weighted by Crippen LogP contribution is -2.42. The van der Waals surface area contributed by atoms with Crippen molar-refractivity contribution in [1.29, 1.82) is 0 Å². The molecular weight excluding hydrogens is 226 g/mol. The Hall–Kier alpha value is -2.08. The lowest BCUT2D eigenvalue weighted by atomic mass is 10.2. The average Bonchev–Trinajstić information content (AvgIpc) is 2.28. The summed E-state index contributed by atoms with van der Waals surface area (Å²) >= 11 is 0. The van der Waals surface area contributed by atoms with Gasteiger partial charge in [-0.05, 0) is 19.1 Å². The summed E-state index contributed by atoms with van der Waals surface area (Å²) in [6.45, 7) is 1.37. The van der Waals surface area contributed by atoms with E-state index in [1.807, 2.05) is 0 Å². The number of carbonyl (C=O) groups is 2. The fraction of sp³-hybridized carbons (Fsp3) is 0.273. The van der Waals surface area contributed by atoms with Crippen LogP contribution in [0, 0.1) is 0 Å². The van der Waals surface area contributed by atoms with Crippen molar-refractivity contribution >= 4 is 11.9 Å². The van der Waals surface area contributed by atoms with E-state index < -0.39 is 24.1 Å². The molecule has 1 aromatic carbocycles. The minimum Gasteiger partial charge on any atom is -0.507 e. The SMILES string of the molecule is C[C@@H](OC(=O)c1ccccc1O)[C@H](N)C(=O)O. The molecule has 0 aromatic heterocycles. The molecular formula is C11H13NO5. The topological polar surface area (TPSA) is 110 Å². The van der Waals surface area contributed by atoms with Crippen molar-refractivity contribution in [2.75, 3.05) is 0 Å². The summed E-state index contributed by atoms with van der Waals surface area (Å²) in [4.78, 5) is 22.1. The molecule has 17 heavy (non-hydrogen) atoms. The Bertz CT molecular complexity index is 432. The number of para-hydroxylation sites is 1. The van der Waals surface area contributed by atoms with Crippen molar-refractivity contribution < 1.29 is 24.5 Å². The van der Waals surface area contributed by atoms with Gasteiger partial charge in [-0.2, -0.15) is 0 Å². The molecule has 0 unspecified atom stereocenters. The molecule has 0 aliphatic heterocycles. The standard InChI is InChI=1S/C11H13NO5/c1-6(9(12)10(14)15)17-11(16)7-4-2-3-5-8(7)13/h2-6,9,13H,12H2,1H3,(H,14,15)/t6-,9+/m1/s1. The Morgan fingerprint density at radius 2 is 1.94 bits per heavy atom. The van der Waals surface area contributed by atoms with Crippen LogP contribution in [-0.4, -0.2) is 34.3 Å². The lowest BCUT2D eigenvalue weighted by molar-refractivity contribution is -0.140. The third-order valence-electron chi connectivity index (χ3n) is 2.21. The van der Waals surface area contributed by atoms with E-state index in [1.54, 1.807) is 12.1 Å². The van der Waals surface area contributed by atoms with Crippen molar-refractivity contribution in [2.24, 2.45) is 5.73 Å². The molecule has 0 saturated carbocycles. The van der Waals surface area contributed by atoms with Crippen molar-refractivity contribution in [2.45, 2.75) is 19.1 Å². The normalized spacial score (nSPS) is 13.8. The van der Waals surface area contributed by atoms with Crippen molar-refractivity contribution in [1.82, 2.24) is 0 Å². The van der Waals surface area contributed by atoms with Crippen LogP contribution in [0.1, 0.15) is 17.3 Å². The Morgan fingerprint density at radius 1 is 1.35 bits per heavy atom. The number of aromatic hydroxyl groups is 1. The molecule has 0 aliphatic carbocycles. The summed E-state index contributed by atoms with van der Waals surface area (Å²) in [6, 6.07) is 4.51. The highest BCUT2D eigenvalue weighted by Crippen LogP contribution is 2.17. The molecule has 1 rings (SSSR count). The maximum atomic E-state index is 11.6. The van der Waals surface area contributed by atoms with Gasteiger partial charge >= 0.3 is 11.9 Å². The summed E-state index contributed by atoms with van der Waals surface area (Å²) < 4.78 is 4.84. The molecule has 0 bridgehead atoms. The van der Waals surface area contributed by atoms with Gasteiger partial charge in [-0.1, -0.05) is 12.1 Å². The summed E-state index contributed by atoms with van der Waals surface area (Å²) in [6.07, 6.45) is -0.986. The quantitative estimate of drug-likeness (QED) is 0.654. The lowest BCUT2D eigenvalue weighted by Gasteiger charge is -2.17. The second-order valence-electron chi connectivity index (χ2n) is 3.49. The summed E-state index contributed by atoms with van der Waals surface area (Å²) in [5.41, 5.74) is 5.25. The Kier molecular flexibility index (Phi) is 4.06. The van der Waals surface area contributed by atoms with Crippen molar-refractivity contribution in [3.8, 4) is 5.75 Å². The molecule has 6 nitrogen and oxygen atoms in total. The van der Waals surface area contributed by atoms with E-state index in [2.05, 4.69) is 0 Å². The van der Waals surface area contributed by atoms with Gasteiger partial charge in [-0.15, -0.1) is 0 Å². The summed E-state index contributed by atoms with van der Waals surface area (Å²) in [7, 11) is 0. The molecule has 0 saturated heterocycles. The molecule has 92 valence electrons. The van der Waals surface area contributed by atoms with Crippen LogP contribution in [0.25, 0.3) is 0 Å². The number of carbonyl (C=O) groups excluding carboxylic acids is 1. The van der Waals surface area contributed by atoms with Crippen LogP contribution < -0.4 is 5.73 Å². The Labute approximate surface area is 97.6 Å². The molecule has 0 heterocycles. The molecule has 1 aromatic rings. The second kappa shape index (κ2) is 5.31. The number of esters is 1. The smallest absolute Gasteiger partial charge is 0.342 e. The Balaban J connectivity index is 2.74. The average molecular weight is 239 g/mol. The zero-order valence-electron chi connectivity index (χ0n) is 9.16. The zero-order valence-corrected chi connectivity index (χ0v) is 9.16. The fourth-order valence-corrected chi connectivity index (χ4v) is 1.15. The number of carboxylic acid groups (broad SMARTS) is 1. The van der Waals surface area contributed by atoms with Gasteiger partial charge in [0.1, 0.15) is 23.5 Å². The molecule has 6 heteroatoms. The number of hydrogen-bond acceptors (Lipinski definition) is 5. The van der Waals surface area contributed by atoms with E-state index in [-0.39, 0.29) is 11.3 Å². The van der Waals surface area contributed by atoms with Gasteiger partial charge in [0.05, 0.1) is 0 Å². The van der Waals surface area contributed by atoms with E-state index in [0.29, 0.717) is 0 Å². The van der Waals surface area contributed by atoms with Crippen molar-refractivity contribution in [3.05, 3.63) is 29.8 Å². The van der Waals surface area contributed by atoms with E-state index in [0.717, 1.165) is 0 Å². The maximum Gasteiger partial charge on any atom is 0.342 e. The third-order valence-corrected chi connectivity index (χ3v) is 2.21. The highest BCUT2D eigenvalue weighted by atomic mass is 16.5. The highest BCUT2D eigenvalue weighted by Gasteiger charge is 2.24. The van der Waals surface area contributed by atoms with Crippen LogP contribution in [0.15, 0.2) is 24.3 Å². The van der Waals surface area contributed by atoms with Crippen LogP contribution in [0.5, 0.6) is 5.75 Å². The monoisotopic (exact) mass is 239 g/mol. The number of benzene rings is 1. The molecule has 0 aliphatic rings. The first kappa shape index (κ1) is 13.0. The van der Waals surface area contributed by atoms with Crippen LogP contribution >= 0.6 is 0 Å². The van der Waals surface area contributed by atoms with Crippen LogP contribution in [0.3, 0.4) is 0 Å². The van der Waals surface area contributed by atoms with Gasteiger partial charge in [0.2, 0.25) is 0 Å². The predicted molar refractivity (Wildman–Crippen MR) is 58.6 cm³/mol. The van der Waals surface area contributed by atoms with Gasteiger partial charge in [-0.25, -0.2) is 4.79 Å². The van der Waals surface area contributed by atoms with E-state index in [9.17, 15) is 14.7 Å². The van der Waals surface area contributed by atoms with E-state index in [4.69, 9.17) is 15.6 Å². The largest absolute Gasteiger partial charge is 0.507 e. The minimum atomic E-state index is -1.30. The van der Waals surface area contributed by atoms with Crippen LogP contribution in [0.2, 0.25) is 0 Å². The number of phenols is 1. The maximum absolute atomic E-state index is 11.6. The van der Waals surface area contributed by atoms with Crippen molar-refractivity contribution in [3.63, 3.8) is 0 Å². The first-order chi connectivity index (χ1) is 7.93. The number of phenolic OH excluding ortho intramolecular Hbond substituents is 1. The zero-order chi connectivity index (χ0) is 13.0. The van der Waals surface area contributed by atoms with E-state index >= 15 is 0 Å². The number of carboxylic acids is 1. The molecule has 0 fully saturated rings. The van der Waals surface area contributed by atoms with E-state index in [1.165, 1.54) is 19.1 Å². The number of nitrogens with two attached hydrogens (primary N) is 1. The van der Waals surface area contributed by atoms with Gasteiger partial charge in [0.25, 0.3) is 0 Å². The first-order valence-electron chi connectivity index (χ1n) is 4.91. The minimum absolute atomic E-state index is 0.0306. The van der Waals surface area contributed by atoms with Gasteiger partial charge in [-0.3, -0.25) is 4.79 Å². The van der Waals surface area contributed by atoms with Gasteiger partial charge in [0.15, 0.2) is 0 Å². The highest BCUT2D eigenvalue weighted by molar-refractivity contribution is 5.92. The fourth-order valence-electron chi connectivity index (χ4n) is 1.15.